The SMILES string of the molecule is CNC1(C)CC1(Cl)Cl.Cl. The minimum absolute atomic E-state index is 0. The Morgan fingerprint density at radius 1 is 1.44 bits per heavy atom. The van der Waals surface area contributed by atoms with E-state index in [1.165, 1.54) is 0 Å². The maximum absolute atomic E-state index is 5.75. The summed E-state index contributed by atoms with van der Waals surface area (Å²) >= 11 is 11.5. The van der Waals surface area contributed by atoms with Gasteiger partial charge in [0.15, 0.2) is 0 Å². The Labute approximate surface area is 71.5 Å². The Balaban J connectivity index is 0.000000640. The van der Waals surface area contributed by atoms with E-state index in [1.807, 2.05) is 14.0 Å². The smallest absolute Gasteiger partial charge is 0.138 e. The van der Waals surface area contributed by atoms with E-state index in [0.29, 0.717) is 0 Å². The van der Waals surface area contributed by atoms with Crippen LogP contribution in [-0.2, 0) is 0 Å². The molecule has 0 saturated heterocycles. The van der Waals surface area contributed by atoms with Crippen molar-refractivity contribution in [3.05, 3.63) is 0 Å². The monoisotopic (exact) mass is 189 g/mol. The molecule has 1 fully saturated rings. The summed E-state index contributed by atoms with van der Waals surface area (Å²) in [6.07, 6.45) is 0.847. The largest absolute Gasteiger partial charge is 0.312 e. The van der Waals surface area contributed by atoms with E-state index in [2.05, 4.69) is 5.32 Å². The lowest BCUT2D eigenvalue weighted by molar-refractivity contribution is 0.599. The van der Waals surface area contributed by atoms with E-state index < -0.39 is 4.33 Å². The van der Waals surface area contributed by atoms with E-state index in [0.717, 1.165) is 6.42 Å². The molecule has 0 spiro atoms. The molecule has 1 N–H and O–H groups in total. The van der Waals surface area contributed by atoms with Crippen LogP contribution in [0.1, 0.15) is 13.3 Å². The highest BCUT2D eigenvalue weighted by atomic mass is 35.5. The van der Waals surface area contributed by atoms with Gasteiger partial charge in [0.2, 0.25) is 0 Å². The van der Waals surface area contributed by atoms with E-state index in [9.17, 15) is 0 Å². The van der Waals surface area contributed by atoms with Gasteiger partial charge in [-0.1, -0.05) is 23.2 Å². The molecule has 9 heavy (non-hydrogen) atoms. The zero-order valence-corrected chi connectivity index (χ0v) is 7.70. The van der Waals surface area contributed by atoms with Crippen LogP contribution < -0.4 is 5.32 Å². The summed E-state index contributed by atoms with van der Waals surface area (Å²) in [5, 5.41) is 3.04. The van der Waals surface area contributed by atoms with E-state index in [-0.39, 0.29) is 17.9 Å². The second-order valence-corrected chi connectivity index (χ2v) is 3.95. The van der Waals surface area contributed by atoms with Crippen molar-refractivity contribution < 1.29 is 0 Å². The Bertz CT molecular complexity index is 115. The minimum atomic E-state index is -0.512. The van der Waals surface area contributed by atoms with E-state index in [1.54, 1.807) is 0 Å². The summed E-state index contributed by atoms with van der Waals surface area (Å²) in [5.41, 5.74) is -0.0316. The second-order valence-electron chi connectivity index (χ2n) is 2.46. The third-order valence-corrected chi connectivity index (χ3v) is 2.91. The van der Waals surface area contributed by atoms with Crippen molar-refractivity contribution in [2.75, 3.05) is 7.05 Å². The second kappa shape index (κ2) is 2.46. The average Bonchev–Trinajstić information content (AvgIpc) is 2.10. The fraction of sp³-hybridized carbons (Fsp3) is 1.00. The first-order valence-corrected chi connectivity index (χ1v) is 3.34. The van der Waals surface area contributed by atoms with Crippen LogP contribution in [0.3, 0.4) is 0 Å². The van der Waals surface area contributed by atoms with Gasteiger partial charge in [-0.05, 0) is 14.0 Å². The van der Waals surface area contributed by atoms with Gasteiger partial charge in [-0.25, -0.2) is 0 Å². The predicted molar refractivity (Wildman–Crippen MR) is 43.8 cm³/mol. The topological polar surface area (TPSA) is 12.0 Å². The summed E-state index contributed by atoms with van der Waals surface area (Å²) in [7, 11) is 1.87. The summed E-state index contributed by atoms with van der Waals surface area (Å²) in [4.78, 5) is 0. The number of alkyl halides is 2. The van der Waals surface area contributed by atoms with Gasteiger partial charge < -0.3 is 5.32 Å². The molecular weight excluding hydrogens is 180 g/mol. The van der Waals surface area contributed by atoms with Crippen molar-refractivity contribution >= 4 is 35.6 Å². The van der Waals surface area contributed by atoms with Gasteiger partial charge in [-0.15, -0.1) is 12.4 Å². The first-order chi connectivity index (χ1) is 3.52. The Kier molecular flexibility index (Phi) is 2.69. The summed E-state index contributed by atoms with van der Waals surface area (Å²) in [5.74, 6) is 0. The quantitative estimate of drug-likeness (QED) is 0.624. The van der Waals surface area contributed by atoms with Crippen molar-refractivity contribution in [1.82, 2.24) is 5.32 Å². The van der Waals surface area contributed by atoms with E-state index in [4.69, 9.17) is 23.2 Å². The highest BCUT2D eigenvalue weighted by Gasteiger charge is 2.62. The molecule has 1 unspecified atom stereocenters. The van der Waals surface area contributed by atoms with Crippen LogP contribution in [0.25, 0.3) is 0 Å². The van der Waals surface area contributed by atoms with Crippen LogP contribution in [0.2, 0.25) is 0 Å². The highest BCUT2D eigenvalue weighted by molar-refractivity contribution is 6.52. The Morgan fingerprint density at radius 3 is 1.78 bits per heavy atom. The molecule has 0 aromatic carbocycles. The Morgan fingerprint density at radius 2 is 1.78 bits per heavy atom. The van der Waals surface area contributed by atoms with Gasteiger partial charge >= 0.3 is 0 Å². The molecule has 56 valence electrons. The molecule has 1 saturated carbocycles. The van der Waals surface area contributed by atoms with Gasteiger partial charge in [0.25, 0.3) is 0 Å². The molecule has 1 aliphatic rings. The van der Waals surface area contributed by atoms with Crippen LogP contribution in [0.5, 0.6) is 0 Å². The lowest BCUT2D eigenvalue weighted by atomic mass is 10.3. The van der Waals surface area contributed by atoms with Crippen LogP contribution in [0, 0.1) is 0 Å². The number of halogens is 3. The number of hydrogen-bond acceptors (Lipinski definition) is 1. The molecule has 1 nitrogen and oxygen atoms in total. The van der Waals surface area contributed by atoms with Crippen LogP contribution in [-0.4, -0.2) is 16.9 Å². The molecule has 1 aliphatic carbocycles. The molecule has 0 heterocycles. The lowest BCUT2D eigenvalue weighted by Gasteiger charge is -2.08. The third-order valence-electron chi connectivity index (χ3n) is 1.81. The Hall–Kier alpha value is 0.830. The van der Waals surface area contributed by atoms with E-state index >= 15 is 0 Å². The third kappa shape index (κ3) is 1.45. The van der Waals surface area contributed by atoms with Gasteiger partial charge in [0.05, 0.1) is 5.54 Å². The van der Waals surface area contributed by atoms with Crippen molar-refractivity contribution in [1.29, 1.82) is 0 Å². The average molecular weight is 191 g/mol. The molecule has 0 bridgehead atoms. The lowest BCUT2D eigenvalue weighted by Crippen LogP contribution is -2.29. The summed E-state index contributed by atoms with van der Waals surface area (Å²) in [6, 6.07) is 0. The maximum atomic E-state index is 5.75. The fourth-order valence-electron chi connectivity index (χ4n) is 0.671. The molecule has 1 rings (SSSR count). The summed E-state index contributed by atoms with van der Waals surface area (Å²) < 4.78 is -0.512. The molecule has 0 aliphatic heterocycles. The van der Waals surface area contributed by atoms with Gasteiger partial charge in [-0.2, -0.15) is 0 Å². The van der Waals surface area contributed by atoms with Gasteiger partial charge in [0, 0.05) is 6.42 Å². The first-order valence-electron chi connectivity index (χ1n) is 2.59. The highest BCUT2D eigenvalue weighted by Crippen LogP contribution is 2.55. The fourth-order valence-corrected chi connectivity index (χ4v) is 1.39. The molecule has 0 aromatic rings. The standard InChI is InChI=1S/C5H9Cl2N.ClH/c1-4(8-2)3-5(4,6)7;/h8H,3H2,1-2H3;1H. The zero-order chi connectivity index (χ0) is 6.41. The zero-order valence-electron chi connectivity index (χ0n) is 5.37. The van der Waals surface area contributed by atoms with Crippen molar-refractivity contribution in [3.8, 4) is 0 Å². The minimum Gasteiger partial charge on any atom is -0.312 e. The molecule has 0 aromatic heterocycles. The van der Waals surface area contributed by atoms with Crippen molar-refractivity contribution in [3.63, 3.8) is 0 Å². The number of rotatable bonds is 1. The molecule has 4 heteroatoms. The summed E-state index contributed by atoms with van der Waals surface area (Å²) in [6.45, 7) is 2.01. The number of nitrogens with one attached hydrogen (secondary N) is 1. The molecular formula is C5H10Cl3N. The molecule has 0 radical (unpaired) electrons. The molecule has 1 atom stereocenters. The van der Waals surface area contributed by atoms with Crippen LogP contribution in [0.4, 0.5) is 0 Å². The predicted octanol–water partition coefficient (Wildman–Crippen LogP) is 1.96. The molecule has 0 amide bonds. The van der Waals surface area contributed by atoms with Crippen molar-refractivity contribution in [2.24, 2.45) is 0 Å². The first kappa shape index (κ1) is 9.83. The normalized spacial score (nSPS) is 37.3. The van der Waals surface area contributed by atoms with Crippen LogP contribution in [0.15, 0.2) is 0 Å². The van der Waals surface area contributed by atoms with Crippen molar-refractivity contribution in [2.45, 2.75) is 23.2 Å². The van der Waals surface area contributed by atoms with Crippen LogP contribution >= 0.6 is 35.6 Å². The van der Waals surface area contributed by atoms with Gasteiger partial charge in [-0.3, -0.25) is 0 Å². The maximum Gasteiger partial charge on any atom is 0.138 e. The van der Waals surface area contributed by atoms with Gasteiger partial charge in [0.1, 0.15) is 4.33 Å². The number of hydrogen-bond donors (Lipinski definition) is 1.